The average Bonchev–Trinajstić information content (AvgIpc) is 3.19. The maximum Gasteiger partial charge on any atom is 0.257 e. The third-order valence-corrected chi connectivity index (χ3v) is 5.53. The van der Waals surface area contributed by atoms with E-state index in [1.807, 2.05) is 66.7 Å². The molecule has 1 amide bonds. The van der Waals surface area contributed by atoms with Crippen molar-refractivity contribution < 1.29 is 9.21 Å². The molecule has 4 aromatic rings. The molecular formula is C24H22N2O2S. The van der Waals surface area contributed by atoms with Crippen LogP contribution in [0.2, 0.25) is 0 Å². The average molecular weight is 403 g/mol. The molecule has 1 aromatic heterocycles. The number of carbonyl (C=O) groups is 1. The number of fused-ring (bicyclic) bond motifs is 1. The lowest BCUT2D eigenvalue weighted by Crippen LogP contribution is -2.25. The molecule has 3 aromatic carbocycles. The number of benzene rings is 3. The highest BCUT2D eigenvalue weighted by molar-refractivity contribution is 7.98. The minimum atomic E-state index is -0.0353. The van der Waals surface area contributed by atoms with Crippen LogP contribution in [-0.4, -0.2) is 17.4 Å². The van der Waals surface area contributed by atoms with Crippen LogP contribution in [0.3, 0.4) is 0 Å². The Morgan fingerprint density at radius 3 is 2.55 bits per heavy atom. The number of para-hydroxylation sites is 2. The van der Waals surface area contributed by atoms with Crippen LogP contribution in [0.4, 0.5) is 0 Å². The van der Waals surface area contributed by atoms with Crippen molar-refractivity contribution in [2.24, 2.45) is 0 Å². The summed E-state index contributed by atoms with van der Waals surface area (Å²) >= 11 is 1.50. The molecule has 0 saturated heterocycles. The molecule has 4 nitrogen and oxygen atoms in total. The fourth-order valence-corrected chi connectivity index (χ4v) is 4.00. The third-order valence-electron chi connectivity index (χ3n) is 4.66. The maximum absolute atomic E-state index is 12.7. The molecule has 1 heterocycles. The molecule has 0 bridgehead atoms. The van der Waals surface area contributed by atoms with Crippen molar-refractivity contribution in [1.29, 1.82) is 0 Å². The number of oxazole rings is 1. The number of carbonyl (C=O) groups excluding carboxylic acids is 1. The number of hydrogen-bond acceptors (Lipinski definition) is 4. The number of aryl methyl sites for hydroxylation is 1. The van der Waals surface area contributed by atoms with Gasteiger partial charge < -0.3 is 9.73 Å². The molecule has 0 saturated carbocycles. The van der Waals surface area contributed by atoms with Gasteiger partial charge in [0.05, 0.1) is 0 Å². The van der Waals surface area contributed by atoms with Crippen LogP contribution in [0.15, 0.2) is 88.5 Å². The van der Waals surface area contributed by atoms with Crippen molar-refractivity contribution >= 4 is 28.8 Å². The molecule has 0 aliphatic heterocycles. The molecule has 4 rings (SSSR count). The van der Waals surface area contributed by atoms with Gasteiger partial charge >= 0.3 is 0 Å². The Hall–Kier alpha value is -3.05. The summed E-state index contributed by atoms with van der Waals surface area (Å²) in [5.74, 6) is 0.590. The van der Waals surface area contributed by atoms with Gasteiger partial charge in [-0.15, -0.1) is 0 Å². The van der Waals surface area contributed by atoms with Crippen molar-refractivity contribution in [2.45, 2.75) is 23.8 Å². The Kier molecular flexibility index (Phi) is 6.27. The molecule has 0 spiro atoms. The Balaban J connectivity index is 1.33. The predicted molar refractivity (Wildman–Crippen MR) is 117 cm³/mol. The molecule has 0 aliphatic rings. The summed E-state index contributed by atoms with van der Waals surface area (Å²) in [7, 11) is 0. The molecule has 146 valence electrons. The SMILES string of the molecule is O=C(NCCCc1ccccc1)c1ccccc1CSc1nc2ccccc2o1. The maximum atomic E-state index is 12.7. The quantitative estimate of drug-likeness (QED) is 0.313. The smallest absolute Gasteiger partial charge is 0.257 e. The number of nitrogens with one attached hydrogen (secondary N) is 1. The highest BCUT2D eigenvalue weighted by Gasteiger charge is 2.12. The first-order valence-electron chi connectivity index (χ1n) is 9.68. The van der Waals surface area contributed by atoms with Crippen LogP contribution in [0, 0.1) is 0 Å². The van der Waals surface area contributed by atoms with Crippen LogP contribution in [0.1, 0.15) is 27.9 Å². The van der Waals surface area contributed by atoms with Crippen LogP contribution < -0.4 is 5.32 Å². The number of thioether (sulfide) groups is 1. The summed E-state index contributed by atoms with van der Waals surface area (Å²) in [5.41, 5.74) is 4.59. The summed E-state index contributed by atoms with van der Waals surface area (Å²) in [6.07, 6.45) is 1.87. The highest BCUT2D eigenvalue weighted by atomic mass is 32.2. The van der Waals surface area contributed by atoms with Gasteiger partial charge in [0.2, 0.25) is 0 Å². The molecule has 0 aliphatic carbocycles. The van der Waals surface area contributed by atoms with E-state index < -0.39 is 0 Å². The molecule has 0 atom stereocenters. The van der Waals surface area contributed by atoms with Crippen LogP contribution in [0.5, 0.6) is 0 Å². The van der Waals surface area contributed by atoms with E-state index in [0.717, 1.165) is 29.5 Å². The number of nitrogens with zero attached hydrogens (tertiary/aromatic N) is 1. The predicted octanol–water partition coefficient (Wildman–Crippen LogP) is 5.48. The molecule has 0 unspecified atom stereocenters. The molecule has 1 N–H and O–H groups in total. The zero-order valence-corrected chi connectivity index (χ0v) is 16.8. The zero-order valence-electron chi connectivity index (χ0n) is 16.0. The summed E-state index contributed by atoms with van der Waals surface area (Å²) in [4.78, 5) is 17.2. The van der Waals surface area contributed by atoms with E-state index in [9.17, 15) is 4.79 Å². The van der Waals surface area contributed by atoms with Crippen molar-refractivity contribution in [3.63, 3.8) is 0 Å². The van der Waals surface area contributed by atoms with Gasteiger partial charge in [-0.25, -0.2) is 4.98 Å². The van der Waals surface area contributed by atoms with Crippen LogP contribution >= 0.6 is 11.8 Å². The second-order valence-electron chi connectivity index (χ2n) is 6.74. The lowest BCUT2D eigenvalue weighted by molar-refractivity contribution is 0.0952. The van der Waals surface area contributed by atoms with Gasteiger partial charge in [0.25, 0.3) is 11.1 Å². The minimum absolute atomic E-state index is 0.0353. The molecule has 0 fully saturated rings. The van der Waals surface area contributed by atoms with Gasteiger partial charge in [-0.3, -0.25) is 4.79 Å². The van der Waals surface area contributed by atoms with E-state index in [1.165, 1.54) is 17.3 Å². The number of rotatable bonds is 8. The monoisotopic (exact) mass is 402 g/mol. The fourth-order valence-electron chi connectivity index (χ4n) is 3.15. The number of hydrogen-bond donors (Lipinski definition) is 1. The van der Waals surface area contributed by atoms with Crippen molar-refractivity contribution in [2.75, 3.05) is 6.54 Å². The van der Waals surface area contributed by atoms with Gasteiger partial charge in [-0.2, -0.15) is 0 Å². The standard InChI is InChI=1S/C24H22N2O2S/c27-23(25-16-8-11-18-9-2-1-3-10-18)20-13-5-4-12-19(20)17-29-24-26-21-14-6-7-15-22(21)28-24/h1-7,9-10,12-15H,8,11,16-17H2,(H,25,27). The molecular weight excluding hydrogens is 380 g/mol. The van der Waals surface area contributed by atoms with E-state index in [-0.39, 0.29) is 5.91 Å². The van der Waals surface area contributed by atoms with Crippen molar-refractivity contribution in [1.82, 2.24) is 10.3 Å². The van der Waals surface area contributed by atoms with Crippen molar-refractivity contribution in [3.8, 4) is 0 Å². The van der Waals surface area contributed by atoms with Crippen LogP contribution in [-0.2, 0) is 12.2 Å². The van der Waals surface area contributed by atoms with E-state index in [4.69, 9.17) is 4.42 Å². The Morgan fingerprint density at radius 1 is 0.931 bits per heavy atom. The topological polar surface area (TPSA) is 55.1 Å². The first kappa shape index (κ1) is 19.3. The molecule has 5 heteroatoms. The lowest BCUT2D eigenvalue weighted by Gasteiger charge is -2.09. The molecule has 29 heavy (non-hydrogen) atoms. The van der Waals surface area contributed by atoms with Gasteiger partial charge in [-0.05, 0) is 42.2 Å². The first-order valence-corrected chi connectivity index (χ1v) is 10.7. The summed E-state index contributed by atoms with van der Waals surface area (Å²) in [6, 6.07) is 25.7. The van der Waals surface area contributed by atoms with Gasteiger partial charge in [0, 0.05) is 17.9 Å². The first-order chi connectivity index (χ1) is 14.3. The second kappa shape index (κ2) is 9.43. The number of amides is 1. The Morgan fingerprint density at radius 2 is 1.69 bits per heavy atom. The lowest BCUT2D eigenvalue weighted by atomic mass is 10.1. The van der Waals surface area contributed by atoms with E-state index >= 15 is 0 Å². The van der Waals surface area contributed by atoms with Gasteiger partial charge in [-0.1, -0.05) is 72.4 Å². The van der Waals surface area contributed by atoms with Crippen LogP contribution in [0.25, 0.3) is 11.1 Å². The second-order valence-corrected chi connectivity index (χ2v) is 7.66. The normalized spacial score (nSPS) is 10.9. The van der Waals surface area contributed by atoms with Gasteiger partial charge in [0.15, 0.2) is 5.58 Å². The third kappa shape index (κ3) is 5.06. The number of aromatic nitrogens is 1. The van der Waals surface area contributed by atoms with E-state index in [1.54, 1.807) is 0 Å². The van der Waals surface area contributed by atoms with Crippen molar-refractivity contribution in [3.05, 3.63) is 95.6 Å². The highest BCUT2D eigenvalue weighted by Crippen LogP contribution is 2.27. The zero-order chi connectivity index (χ0) is 19.9. The van der Waals surface area contributed by atoms with Gasteiger partial charge in [0.1, 0.15) is 5.52 Å². The summed E-state index contributed by atoms with van der Waals surface area (Å²) < 4.78 is 5.76. The Labute approximate surface area is 174 Å². The largest absolute Gasteiger partial charge is 0.431 e. The summed E-state index contributed by atoms with van der Waals surface area (Å²) in [5, 5.41) is 3.66. The fraction of sp³-hybridized carbons (Fsp3) is 0.167. The van der Waals surface area contributed by atoms with E-state index in [0.29, 0.717) is 23.1 Å². The molecule has 0 radical (unpaired) electrons. The summed E-state index contributed by atoms with van der Waals surface area (Å²) in [6.45, 7) is 0.653. The van der Waals surface area contributed by atoms with E-state index in [2.05, 4.69) is 22.4 Å². The minimum Gasteiger partial charge on any atom is -0.431 e. The Bertz CT molecular complexity index is 1060.